The molecule has 2 heteroatoms. The van der Waals surface area contributed by atoms with Crippen LogP contribution in [-0.2, 0) is 11.2 Å². The fourth-order valence-corrected chi connectivity index (χ4v) is 1.34. The van der Waals surface area contributed by atoms with Gasteiger partial charge in [0.2, 0.25) is 0 Å². The molecule has 0 saturated carbocycles. The summed E-state index contributed by atoms with van der Waals surface area (Å²) >= 11 is 3.33. The smallest absolute Gasteiger partial charge is 0.143 e. The number of rotatable bonds is 3. The molecule has 1 rings (SSSR count). The molecule has 0 radical (unpaired) electrons. The first-order chi connectivity index (χ1) is 5.70. The van der Waals surface area contributed by atoms with Crippen molar-refractivity contribution in [2.45, 2.75) is 18.2 Å². The number of hydrogen-bond donors (Lipinski definition) is 0. The molecule has 0 aromatic heterocycles. The van der Waals surface area contributed by atoms with E-state index in [9.17, 15) is 4.79 Å². The van der Waals surface area contributed by atoms with E-state index in [4.69, 9.17) is 0 Å². The third-order valence-corrected chi connectivity index (χ3v) is 2.67. The summed E-state index contributed by atoms with van der Waals surface area (Å²) in [5, 5.41) is 0. The largest absolute Gasteiger partial charge is 0.299 e. The minimum absolute atomic E-state index is 0.0418. The molecular weight excluding hydrogens is 216 g/mol. The van der Waals surface area contributed by atoms with E-state index < -0.39 is 0 Å². The van der Waals surface area contributed by atoms with E-state index in [2.05, 4.69) is 15.9 Å². The second-order valence-electron chi connectivity index (χ2n) is 2.77. The van der Waals surface area contributed by atoms with Gasteiger partial charge in [-0.2, -0.15) is 0 Å². The van der Waals surface area contributed by atoms with Gasteiger partial charge in [-0.15, -0.1) is 0 Å². The highest BCUT2D eigenvalue weighted by molar-refractivity contribution is 9.10. The molecule has 0 aliphatic carbocycles. The maximum absolute atomic E-state index is 10.9. The zero-order chi connectivity index (χ0) is 8.97. The van der Waals surface area contributed by atoms with Gasteiger partial charge in [-0.3, -0.25) is 4.79 Å². The maximum Gasteiger partial charge on any atom is 0.143 e. The summed E-state index contributed by atoms with van der Waals surface area (Å²) in [6.07, 6.45) is 0.774. The normalized spacial score (nSPS) is 12.5. The molecule has 0 bridgehead atoms. The fraction of sp³-hybridized carbons (Fsp3) is 0.300. The van der Waals surface area contributed by atoms with Crippen molar-refractivity contribution in [2.75, 3.05) is 0 Å². The minimum Gasteiger partial charge on any atom is -0.299 e. The number of ketones is 1. The van der Waals surface area contributed by atoms with Crippen molar-refractivity contribution < 1.29 is 4.79 Å². The van der Waals surface area contributed by atoms with Crippen molar-refractivity contribution in [1.29, 1.82) is 0 Å². The van der Waals surface area contributed by atoms with Gasteiger partial charge >= 0.3 is 0 Å². The lowest BCUT2D eigenvalue weighted by Gasteiger charge is -2.04. The van der Waals surface area contributed by atoms with Crippen molar-refractivity contribution >= 4 is 21.7 Å². The van der Waals surface area contributed by atoms with E-state index in [0.29, 0.717) is 0 Å². The number of carbonyl (C=O) groups is 1. The van der Waals surface area contributed by atoms with Gasteiger partial charge in [-0.05, 0) is 18.9 Å². The van der Waals surface area contributed by atoms with Gasteiger partial charge < -0.3 is 0 Å². The summed E-state index contributed by atoms with van der Waals surface area (Å²) in [6.45, 7) is 1.60. The number of halogens is 1. The summed E-state index contributed by atoms with van der Waals surface area (Å²) in [5.74, 6) is 0.179. The number of benzene rings is 1. The SMILES string of the molecule is CC(=O)[C@@H](Br)Cc1ccccc1. The minimum atomic E-state index is -0.0418. The molecule has 1 aromatic rings. The Morgan fingerprint density at radius 2 is 2.00 bits per heavy atom. The summed E-state index contributed by atoms with van der Waals surface area (Å²) < 4.78 is 0. The van der Waals surface area contributed by atoms with Gasteiger partial charge in [-0.25, -0.2) is 0 Å². The van der Waals surface area contributed by atoms with Crippen LogP contribution in [0.15, 0.2) is 30.3 Å². The highest BCUT2D eigenvalue weighted by Crippen LogP contribution is 2.10. The van der Waals surface area contributed by atoms with Crippen molar-refractivity contribution in [3.8, 4) is 0 Å². The lowest BCUT2D eigenvalue weighted by molar-refractivity contribution is -0.116. The van der Waals surface area contributed by atoms with Crippen LogP contribution in [0.2, 0.25) is 0 Å². The van der Waals surface area contributed by atoms with E-state index in [1.54, 1.807) is 6.92 Å². The molecule has 0 amide bonds. The number of carbonyl (C=O) groups excluding carboxylic acids is 1. The van der Waals surface area contributed by atoms with E-state index >= 15 is 0 Å². The van der Waals surface area contributed by atoms with Gasteiger partial charge in [0.05, 0.1) is 4.83 Å². The third kappa shape index (κ3) is 2.78. The van der Waals surface area contributed by atoms with E-state index in [1.165, 1.54) is 5.56 Å². The van der Waals surface area contributed by atoms with E-state index in [-0.39, 0.29) is 10.6 Å². The summed E-state index contributed by atoms with van der Waals surface area (Å²) in [6, 6.07) is 9.99. The van der Waals surface area contributed by atoms with Crippen LogP contribution < -0.4 is 0 Å². The molecule has 1 nitrogen and oxygen atoms in total. The Labute approximate surface area is 80.9 Å². The van der Waals surface area contributed by atoms with Crippen molar-refractivity contribution in [3.05, 3.63) is 35.9 Å². The van der Waals surface area contributed by atoms with Gasteiger partial charge in [0.15, 0.2) is 0 Å². The van der Waals surface area contributed by atoms with Crippen molar-refractivity contribution in [2.24, 2.45) is 0 Å². The highest BCUT2D eigenvalue weighted by atomic mass is 79.9. The van der Waals surface area contributed by atoms with Gasteiger partial charge in [0.1, 0.15) is 5.78 Å². The number of alkyl halides is 1. The molecule has 12 heavy (non-hydrogen) atoms. The third-order valence-electron chi connectivity index (χ3n) is 1.70. The molecule has 0 spiro atoms. The zero-order valence-corrected chi connectivity index (χ0v) is 8.54. The zero-order valence-electron chi connectivity index (χ0n) is 6.96. The van der Waals surface area contributed by atoms with Crippen LogP contribution >= 0.6 is 15.9 Å². The topological polar surface area (TPSA) is 17.1 Å². The summed E-state index contributed by atoms with van der Waals surface area (Å²) in [7, 11) is 0. The predicted octanol–water partition coefficient (Wildman–Crippen LogP) is 2.58. The first kappa shape index (κ1) is 9.46. The van der Waals surface area contributed by atoms with Gasteiger partial charge in [-0.1, -0.05) is 46.3 Å². The van der Waals surface area contributed by atoms with Crippen LogP contribution in [0.5, 0.6) is 0 Å². The molecule has 0 aliphatic heterocycles. The average Bonchev–Trinajstić information content (AvgIpc) is 2.06. The second kappa shape index (κ2) is 4.41. The average molecular weight is 227 g/mol. The molecular formula is C10H11BrO. The first-order valence-corrected chi connectivity index (χ1v) is 4.80. The molecule has 1 aromatic carbocycles. The van der Waals surface area contributed by atoms with Crippen LogP contribution in [0.25, 0.3) is 0 Å². The Morgan fingerprint density at radius 3 is 2.50 bits per heavy atom. The Hall–Kier alpha value is -0.630. The quantitative estimate of drug-likeness (QED) is 0.725. The molecule has 64 valence electrons. The Bertz CT molecular complexity index is 256. The molecule has 0 aliphatic rings. The Kier molecular flexibility index (Phi) is 3.48. The van der Waals surface area contributed by atoms with Gasteiger partial charge in [0.25, 0.3) is 0 Å². The monoisotopic (exact) mass is 226 g/mol. The van der Waals surface area contributed by atoms with Crippen LogP contribution in [0, 0.1) is 0 Å². The Morgan fingerprint density at radius 1 is 1.42 bits per heavy atom. The van der Waals surface area contributed by atoms with E-state index in [1.807, 2.05) is 30.3 Å². The molecule has 0 fully saturated rings. The Balaban J connectivity index is 2.58. The molecule has 0 unspecified atom stereocenters. The number of Topliss-reactive ketones (excluding diaryl/α,β-unsaturated/α-hetero) is 1. The lowest BCUT2D eigenvalue weighted by Crippen LogP contribution is -2.12. The first-order valence-electron chi connectivity index (χ1n) is 3.88. The van der Waals surface area contributed by atoms with Crippen LogP contribution in [0.1, 0.15) is 12.5 Å². The van der Waals surface area contributed by atoms with Gasteiger partial charge in [0, 0.05) is 0 Å². The molecule has 0 saturated heterocycles. The molecule has 0 N–H and O–H groups in total. The summed E-state index contributed by atoms with van der Waals surface area (Å²) in [4.78, 5) is 10.9. The standard InChI is InChI=1S/C10H11BrO/c1-8(12)10(11)7-9-5-3-2-4-6-9/h2-6,10H,7H2,1H3/t10-/m0/s1. The fourth-order valence-electron chi connectivity index (χ4n) is 0.965. The molecule has 0 heterocycles. The van der Waals surface area contributed by atoms with Crippen molar-refractivity contribution in [1.82, 2.24) is 0 Å². The second-order valence-corrected chi connectivity index (χ2v) is 3.87. The number of hydrogen-bond acceptors (Lipinski definition) is 1. The molecule has 1 atom stereocenters. The lowest BCUT2D eigenvalue weighted by atomic mass is 10.1. The van der Waals surface area contributed by atoms with Crippen LogP contribution in [-0.4, -0.2) is 10.6 Å². The van der Waals surface area contributed by atoms with Crippen LogP contribution in [0.3, 0.4) is 0 Å². The van der Waals surface area contributed by atoms with Crippen LogP contribution in [0.4, 0.5) is 0 Å². The maximum atomic E-state index is 10.9. The summed E-state index contributed by atoms with van der Waals surface area (Å²) in [5.41, 5.74) is 1.19. The van der Waals surface area contributed by atoms with E-state index in [0.717, 1.165) is 6.42 Å². The highest BCUT2D eigenvalue weighted by Gasteiger charge is 2.09. The predicted molar refractivity (Wildman–Crippen MR) is 53.5 cm³/mol. The van der Waals surface area contributed by atoms with Crippen molar-refractivity contribution in [3.63, 3.8) is 0 Å².